The largest absolute Gasteiger partial charge is 0.488 e. The maximum Gasteiger partial charge on any atom is 0.409 e. The lowest BCUT2D eigenvalue weighted by molar-refractivity contribution is -0.0801. The van der Waals surface area contributed by atoms with Crippen LogP contribution in [0.1, 0.15) is 0 Å². The van der Waals surface area contributed by atoms with E-state index in [0.29, 0.717) is 4.47 Å². The molecule has 88 valence electrons. The molecule has 1 aromatic rings. The van der Waals surface area contributed by atoms with E-state index in [-0.39, 0.29) is 18.4 Å². The molecule has 0 aliphatic heterocycles. The average molecular weight is 299 g/mol. The van der Waals surface area contributed by atoms with E-state index in [1.54, 1.807) is 0 Å². The first-order chi connectivity index (χ1) is 7.38. The van der Waals surface area contributed by atoms with Crippen LogP contribution in [-0.4, -0.2) is 12.8 Å². The summed E-state index contributed by atoms with van der Waals surface area (Å²) >= 11 is 3.03. The fourth-order valence-corrected chi connectivity index (χ4v) is 1.38. The van der Waals surface area contributed by atoms with E-state index in [4.69, 9.17) is 4.74 Å². The summed E-state index contributed by atoms with van der Waals surface area (Å²) in [5.74, 6) is -0.168. The normalized spacial score (nSPS) is 12.1. The van der Waals surface area contributed by atoms with Gasteiger partial charge in [-0.1, -0.05) is 0 Å². The minimum absolute atomic E-state index is 0.0877. The van der Waals surface area contributed by atoms with Crippen LogP contribution in [0.2, 0.25) is 0 Å². The summed E-state index contributed by atoms with van der Waals surface area (Å²) < 4.78 is 53.1. The standard InChI is InChI=1S/C10H7BrF4O/c11-8-6-7(12)2-3-9(8)16-5-1-4-10(13,14)15/h1-4,6H,5H2/b4-1+. The molecule has 0 saturated carbocycles. The Kier molecular flexibility index (Phi) is 4.35. The van der Waals surface area contributed by atoms with Crippen LogP contribution in [0, 0.1) is 5.82 Å². The molecule has 0 radical (unpaired) electrons. The van der Waals surface area contributed by atoms with Crippen LogP contribution in [-0.2, 0) is 0 Å². The van der Waals surface area contributed by atoms with Crippen LogP contribution in [0.4, 0.5) is 17.6 Å². The van der Waals surface area contributed by atoms with Crippen LogP contribution in [0.5, 0.6) is 5.75 Å². The van der Waals surface area contributed by atoms with E-state index in [0.717, 1.165) is 12.1 Å². The van der Waals surface area contributed by atoms with Gasteiger partial charge in [0, 0.05) is 6.08 Å². The molecule has 0 atom stereocenters. The summed E-state index contributed by atoms with van der Waals surface area (Å²) in [6.45, 7) is -0.232. The SMILES string of the molecule is Fc1ccc(OC/C=C/C(F)(F)F)c(Br)c1. The van der Waals surface area contributed by atoms with Gasteiger partial charge in [0.1, 0.15) is 18.2 Å². The number of alkyl halides is 3. The Hall–Kier alpha value is -1.04. The van der Waals surface area contributed by atoms with E-state index in [1.165, 1.54) is 12.1 Å². The van der Waals surface area contributed by atoms with E-state index in [9.17, 15) is 17.6 Å². The highest BCUT2D eigenvalue weighted by Crippen LogP contribution is 2.25. The number of benzene rings is 1. The molecule has 0 aliphatic carbocycles. The molecule has 0 bridgehead atoms. The second kappa shape index (κ2) is 5.34. The van der Waals surface area contributed by atoms with E-state index < -0.39 is 12.0 Å². The van der Waals surface area contributed by atoms with E-state index in [1.807, 2.05) is 0 Å². The Morgan fingerprint density at radius 3 is 2.56 bits per heavy atom. The predicted octanol–water partition coefficient (Wildman–Crippen LogP) is 4.09. The Labute approximate surface area is 97.8 Å². The predicted molar refractivity (Wildman–Crippen MR) is 54.8 cm³/mol. The van der Waals surface area contributed by atoms with E-state index in [2.05, 4.69) is 15.9 Å². The summed E-state index contributed by atoms with van der Waals surface area (Å²) in [5, 5.41) is 0. The van der Waals surface area contributed by atoms with Crippen molar-refractivity contribution in [3.8, 4) is 5.75 Å². The summed E-state index contributed by atoms with van der Waals surface area (Å²) in [4.78, 5) is 0. The molecule has 0 spiro atoms. The third kappa shape index (κ3) is 4.65. The lowest BCUT2D eigenvalue weighted by atomic mass is 10.3. The van der Waals surface area contributed by atoms with Gasteiger partial charge in [0.15, 0.2) is 0 Å². The van der Waals surface area contributed by atoms with Gasteiger partial charge in [-0.2, -0.15) is 13.2 Å². The number of halogens is 5. The van der Waals surface area contributed by atoms with Crippen LogP contribution in [0.15, 0.2) is 34.8 Å². The smallest absolute Gasteiger partial charge is 0.409 e. The Bertz CT molecular complexity index is 387. The fourth-order valence-electron chi connectivity index (χ4n) is 0.912. The lowest BCUT2D eigenvalue weighted by Gasteiger charge is -2.05. The number of hydrogen-bond acceptors (Lipinski definition) is 1. The molecular formula is C10H7BrF4O. The molecule has 0 heterocycles. The topological polar surface area (TPSA) is 9.23 Å². The van der Waals surface area contributed by atoms with Gasteiger partial charge in [-0.25, -0.2) is 4.39 Å². The zero-order valence-corrected chi connectivity index (χ0v) is 9.48. The monoisotopic (exact) mass is 298 g/mol. The molecule has 0 fully saturated rings. The van der Waals surface area contributed by atoms with Crippen molar-refractivity contribution < 1.29 is 22.3 Å². The van der Waals surface area contributed by atoms with Crippen molar-refractivity contribution >= 4 is 15.9 Å². The second-order valence-corrected chi connectivity index (χ2v) is 3.68. The first-order valence-corrected chi connectivity index (χ1v) is 5.00. The molecule has 16 heavy (non-hydrogen) atoms. The molecule has 0 amide bonds. The first kappa shape index (κ1) is 13.0. The first-order valence-electron chi connectivity index (χ1n) is 4.21. The summed E-state index contributed by atoms with van der Waals surface area (Å²) in [6.07, 6.45) is -3.41. The van der Waals surface area contributed by atoms with Crippen LogP contribution in [0.25, 0.3) is 0 Å². The van der Waals surface area contributed by atoms with Gasteiger partial charge in [-0.05, 0) is 40.2 Å². The Morgan fingerprint density at radius 1 is 1.31 bits per heavy atom. The van der Waals surface area contributed by atoms with Crippen molar-refractivity contribution in [3.63, 3.8) is 0 Å². The molecular weight excluding hydrogens is 292 g/mol. The van der Waals surface area contributed by atoms with Gasteiger partial charge in [0.25, 0.3) is 0 Å². The van der Waals surface area contributed by atoms with Crippen molar-refractivity contribution in [2.45, 2.75) is 6.18 Å². The molecule has 1 nitrogen and oxygen atoms in total. The average Bonchev–Trinajstić information content (AvgIpc) is 2.13. The highest BCUT2D eigenvalue weighted by molar-refractivity contribution is 9.10. The van der Waals surface area contributed by atoms with Crippen molar-refractivity contribution in [1.82, 2.24) is 0 Å². The van der Waals surface area contributed by atoms with Crippen molar-refractivity contribution in [1.29, 1.82) is 0 Å². The molecule has 6 heteroatoms. The fraction of sp³-hybridized carbons (Fsp3) is 0.200. The van der Waals surface area contributed by atoms with Gasteiger partial charge >= 0.3 is 6.18 Å². The molecule has 0 saturated heterocycles. The van der Waals surface area contributed by atoms with Gasteiger partial charge in [-0.15, -0.1) is 0 Å². The second-order valence-electron chi connectivity index (χ2n) is 2.83. The van der Waals surface area contributed by atoms with Crippen LogP contribution < -0.4 is 4.74 Å². The van der Waals surface area contributed by atoms with Gasteiger partial charge in [-0.3, -0.25) is 0 Å². The number of ether oxygens (including phenoxy) is 1. The maximum absolute atomic E-state index is 12.6. The maximum atomic E-state index is 12.6. The molecule has 1 rings (SSSR count). The molecule has 1 aromatic carbocycles. The van der Waals surface area contributed by atoms with Crippen LogP contribution >= 0.6 is 15.9 Å². The minimum atomic E-state index is -4.34. The molecule has 0 N–H and O–H groups in total. The zero-order chi connectivity index (χ0) is 12.2. The summed E-state index contributed by atoms with van der Waals surface area (Å²) in [7, 11) is 0. The van der Waals surface area contributed by atoms with Crippen molar-refractivity contribution in [3.05, 3.63) is 40.6 Å². The van der Waals surface area contributed by atoms with Crippen molar-refractivity contribution in [2.75, 3.05) is 6.61 Å². The Morgan fingerprint density at radius 2 is 2.00 bits per heavy atom. The van der Waals surface area contributed by atoms with Gasteiger partial charge < -0.3 is 4.74 Å². The van der Waals surface area contributed by atoms with Crippen LogP contribution in [0.3, 0.4) is 0 Å². The third-order valence-corrected chi connectivity index (χ3v) is 2.16. The van der Waals surface area contributed by atoms with Crippen molar-refractivity contribution in [2.24, 2.45) is 0 Å². The molecule has 0 aliphatic rings. The van der Waals surface area contributed by atoms with E-state index >= 15 is 0 Å². The zero-order valence-electron chi connectivity index (χ0n) is 7.89. The quantitative estimate of drug-likeness (QED) is 0.603. The van der Waals surface area contributed by atoms with Gasteiger partial charge in [0.05, 0.1) is 4.47 Å². The summed E-state index contributed by atoms with van der Waals surface area (Å²) in [6, 6.07) is 3.66. The number of rotatable bonds is 3. The summed E-state index contributed by atoms with van der Waals surface area (Å²) in [5.41, 5.74) is 0. The number of allylic oxidation sites excluding steroid dienone is 1. The molecule has 0 unspecified atom stereocenters. The number of hydrogen-bond donors (Lipinski definition) is 0. The highest BCUT2D eigenvalue weighted by Gasteiger charge is 2.21. The van der Waals surface area contributed by atoms with Gasteiger partial charge in [0.2, 0.25) is 0 Å². The molecule has 0 aromatic heterocycles. The third-order valence-electron chi connectivity index (χ3n) is 1.54. The minimum Gasteiger partial charge on any atom is -0.488 e. The Balaban J connectivity index is 2.53. The highest BCUT2D eigenvalue weighted by atomic mass is 79.9. The lowest BCUT2D eigenvalue weighted by Crippen LogP contribution is -2.03.